The number of hydrogen-bond acceptors (Lipinski definition) is 6. The number of carbonyl (C=O) groups excluding carboxylic acids is 2. The fourth-order valence-electron chi connectivity index (χ4n) is 2.58. The molecule has 1 N–H and O–H groups in total. The Bertz CT molecular complexity index is 648. The highest BCUT2D eigenvalue weighted by molar-refractivity contribution is 5.95. The molecule has 1 aromatic heterocycles. The highest BCUT2D eigenvalue weighted by Gasteiger charge is 2.20. The van der Waals surface area contributed by atoms with E-state index in [1.54, 1.807) is 24.5 Å². The van der Waals surface area contributed by atoms with Gasteiger partial charge in [0.05, 0.1) is 26.5 Å². The second-order valence-electron chi connectivity index (χ2n) is 6.43. The lowest BCUT2D eigenvalue weighted by Crippen LogP contribution is -2.31. The molecular formula is C22H32N2O5. The van der Waals surface area contributed by atoms with E-state index in [1.807, 2.05) is 6.08 Å². The summed E-state index contributed by atoms with van der Waals surface area (Å²) in [6, 6.07) is 1.72. The topological polar surface area (TPSA) is 86.8 Å². The van der Waals surface area contributed by atoms with Gasteiger partial charge in [0, 0.05) is 18.7 Å². The molecule has 0 radical (unpaired) electrons. The van der Waals surface area contributed by atoms with Crippen LogP contribution in [0.15, 0.2) is 43.8 Å². The van der Waals surface area contributed by atoms with Crippen LogP contribution in [0.2, 0.25) is 0 Å². The zero-order chi connectivity index (χ0) is 21.3. The number of carbonyl (C=O) groups is 2. The van der Waals surface area contributed by atoms with Crippen LogP contribution in [0.3, 0.4) is 0 Å². The van der Waals surface area contributed by atoms with Crippen molar-refractivity contribution in [3.8, 4) is 5.75 Å². The Morgan fingerprint density at radius 2 is 2.03 bits per heavy atom. The standard InChI is InChI=1S/C22H32N2O5/c1-4-6-10-16-29-19-13-14-23-17-18(19)24-22(26)20(28-15-5-2)11-8-7-9-12-21(25)27-3/h4-5,13-14,17,20H,1-2,6-12,15-16H2,3H3,(H,24,26). The quantitative estimate of drug-likeness (QED) is 0.254. The van der Waals surface area contributed by atoms with E-state index in [1.165, 1.54) is 7.11 Å². The predicted octanol–water partition coefficient (Wildman–Crippen LogP) is 4.06. The number of allylic oxidation sites excluding steroid dienone is 1. The van der Waals surface area contributed by atoms with E-state index in [4.69, 9.17) is 9.47 Å². The summed E-state index contributed by atoms with van der Waals surface area (Å²) >= 11 is 0. The molecule has 0 aliphatic heterocycles. The Morgan fingerprint density at radius 3 is 2.76 bits per heavy atom. The summed E-state index contributed by atoms with van der Waals surface area (Å²) in [6.45, 7) is 8.12. The molecule has 0 aliphatic rings. The van der Waals surface area contributed by atoms with Crippen molar-refractivity contribution in [2.75, 3.05) is 25.6 Å². The van der Waals surface area contributed by atoms with Crippen molar-refractivity contribution < 1.29 is 23.8 Å². The number of esters is 1. The van der Waals surface area contributed by atoms with Gasteiger partial charge < -0.3 is 19.5 Å². The van der Waals surface area contributed by atoms with Crippen LogP contribution in [-0.2, 0) is 19.1 Å². The van der Waals surface area contributed by atoms with Crippen LogP contribution in [0.1, 0.15) is 44.9 Å². The Hall–Kier alpha value is -2.67. The number of unbranched alkanes of at least 4 members (excludes halogenated alkanes) is 3. The molecule has 1 aromatic rings. The monoisotopic (exact) mass is 404 g/mol. The van der Waals surface area contributed by atoms with E-state index in [2.05, 4.69) is 28.2 Å². The summed E-state index contributed by atoms with van der Waals surface area (Å²) in [5, 5.41) is 2.85. The van der Waals surface area contributed by atoms with Crippen molar-refractivity contribution in [1.82, 2.24) is 4.98 Å². The average Bonchev–Trinajstić information content (AvgIpc) is 2.73. The van der Waals surface area contributed by atoms with Crippen LogP contribution in [0.4, 0.5) is 5.69 Å². The van der Waals surface area contributed by atoms with Gasteiger partial charge in [0.1, 0.15) is 17.5 Å². The molecule has 0 saturated heterocycles. The summed E-state index contributed by atoms with van der Waals surface area (Å²) in [5.74, 6) is 0.0844. The van der Waals surface area contributed by atoms with E-state index in [-0.39, 0.29) is 18.5 Å². The maximum atomic E-state index is 12.7. The van der Waals surface area contributed by atoms with E-state index in [9.17, 15) is 9.59 Å². The van der Waals surface area contributed by atoms with Crippen LogP contribution in [0, 0.1) is 0 Å². The molecule has 0 aliphatic carbocycles. The van der Waals surface area contributed by atoms with E-state index in [0.29, 0.717) is 37.3 Å². The maximum Gasteiger partial charge on any atom is 0.305 e. The molecule has 29 heavy (non-hydrogen) atoms. The van der Waals surface area contributed by atoms with Crippen molar-refractivity contribution in [2.24, 2.45) is 0 Å². The first-order valence-corrected chi connectivity index (χ1v) is 9.90. The normalized spacial score (nSPS) is 11.3. The second kappa shape index (κ2) is 15.3. The Labute approximate surface area is 173 Å². The van der Waals surface area contributed by atoms with Gasteiger partial charge in [-0.1, -0.05) is 25.0 Å². The molecule has 160 valence electrons. The first-order chi connectivity index (χ1) is 14.1. The zero-order valence-corrected chi connectivity index (χ0v) is 17.2. The van der Waals surface area contributed by atoms with Crippen molar-refractivity contribution >= 4 is 17.6 Å². The highest BCUT2D eigenvalue weighted by Crippen LogP contribution is 2.23. The Balaban J connectivity index is 2.59. The summed E-state index contributed by atoms with van der Waals surface area (Å²) < 4.78 is 16.0. The van der Waals surface area contributed by atoms with Gasteiger partial charge in [0.15, 0.2) is 0 Å². The minimum Gasteiger partial charge on any atom is -0.491 e. The van der Waals surface area contributed by atoms with E-state index in [0.717, 1.165) is 25.7 Å². The number of rotatable bonds is 16. The van der Waals surface area contributed by atoms with Gasteiger partial charge in [-0.3, -0.25) is 14.6 Å². The third-order valence-corrected chi connectivity index (χ3v) is 4.13. The fraction of sp³-hybridized carbons (Fsp3) is 0.500. The van der Waals surface area contributed by atoms with Gasteiger partial charge in [-0.15, -0.1) is 13.2 Å². The van der Waals surface area contributed by atoms with Crippen LogP contribution in [0.25, 0.3) is 0 Å². The number of pyridine rings is 1. The molecule has 1 atom stereocenters. The third-order valence-electron chi connectivity index (χ3n) is 4.13. The number of anilines is 1. The lowest BCUT2D eigenvalue weighted by atomic mass is 10.1. The molecule has 0 aromatic carbocycles. The number of methoxy groups -OCH3 is 1. The van der Waals surface area contributed by atoms with Crippen molar-refractivity contribution in [3.63, 3.8) is 0 Å². The van der Waals surface area contributed by atoms with Crippen molar-refractivity contribution in [1.29, 1.82) is 0 Å². The van der Waals surface area contributed by atoms with Crippen LogP contribution < -0.4 is 10.1 Å². The lowest BCUT2D eigenvalue weighted by Gasteiger charge is -2.18. The molecule has 0 saturated carbocycles. The van der Waals surface area contributed by atoms with Gasteiger partial charge >= 0.3 is 5.97 Å². The van der Waals surface area contributed by atoms with E-state index >= 15 is 0 Å². The Kier molecular flexibility index (Phi) is 12.8. The van der Waals surface area contributed by atoms with Gasteiger partial charge in [-0.2, -0.15) is 0 Å². The first-order valence-electron chi connectivity index (χ1n) is 9.90. The average molecular weight is 405 g/mol. The van der Waals surface area contributed by atoms with Crippen LogP contribution in [0.5, 0.6) is 5.75 Å². The van der Waals surface area contributed by atoms with E-state index < -0.39 is 6.10 Å². The summed E-state index contributed by atoms with van der Waals surface area (Å²) in [5.41, 5.74) is 0.508. The zero-order valence-electron chi connectivity index (χ0n) is 17.2. The van der Waals surface area contributed by atoms with Crippen molar-refractivity contribution in [2.45, 2.75) is 51.0 Å². The molecule has 0 fully saturated rings. The summed E-state index contributed by atoms with van der Waals surface area (Å²) in [7, 11) is 1.38. The molecule has 7 heteroatoms. The van der Waals surface area contributed by atoms with Gasteiger partial charge in [-0.25, -0.2) is 0 Å². The molecule has 1 rings (SSSR count). The summed E-state index contributed by atoms with van der Waals surface area (Å²) in [6.07, 6.45) is 10.9. The smallest absolute Gasteiger partial charge is 0.305 e. The number of nitrogens with one attached hydrogen (secondary N) is 1. The fourth-order valence-corrected chi connectivity index (χ4v) is 2.58. The van der Waals surface area contributed by atoms with Gasteiger partial charge in [0.25, 0.3) is 5.91 Å². The number of nitrogens with zero attached hydrogens (tertiary/aromatic N) is 1. The molecule has 1 amide bonds. The highest BCUT2D eigenvalue weighted by atomic mass is 16.5. The van der Waals surface area contributed by atoms with Crippen molar-refractivity contribution in [3.05, 3.63) is 43.8 Å². The maximum absolute atomic E-state index is 12.7. The SMILES string of the molecule is C=CCCCOc1ccncc1NC(=O)C(CCCCCC(=O)OC)OCC=C. The molecule has 1 unspecified atom stereocenters. The second-order valence-corrected chi connectivity index (χ2v) is 6.43. The predicted molar refractivity (Wildman–Crippen MR) is 113 cm³/mol. The molecule has 0 bridgehead atoms. The molecule has 1 heterocycles. The number of aromatic nitrogens is 1. The number of amides is 1. The lowest BCUT2D eigenvalue weighted by molar-refractivity contribution is -0.140. The van der Waals surface area contributed by atoms with Gasteiger partial charge in [0.2, 0.25) is 0 Å². The minimum atomic E-state index is -0.625. The van der Waals surface area contributed by atoms with Gasteiger partial charge in [-0.05, 0) is 25.7 Å². The number of hydrogen-bond donors (Lipinski definition) is 1. The molecule has 0 spiro atoms. The third kappa shape index (κ3) is 10.4. The number of ether oxygens (including phenoxy) is 3. The Morgan fingerprint density at radius 1 is 1.21 bits per heavy atom. The van der Waals surface area contributed by atoms with Crippen LogP contribution >= 0.6 is 0 Å². The minimum absolute atomic E-state index is 0.223. The first kappa shape index (κ1) is 24.4. The molecule has 7 nitrogen and oxygen atoms in total. The van der Waals surface area contributed by atoms with Crippen LogP contribution in [-0.4, -0.2) is 43.3 Å². The largest absolute Gasteiger partial charge is 0.491 e. The summed E-state index contributed by atoms with van der Waals surface area (Å²) in [4.78, 5) is 27.9. The molecular weight excluding hydrogens is 372 g/mol.